The molecular weight excluding hydrogens is 192 g/mol. The number of nitrogens with one attached hydrogen (secondary N) is 1. The van der Waals surface area contributed by atoms with Gasteiger partial charge in [-0.2, -0.15) is 0 Å². The van der Waals surface area contributed by atoms with Gasteiger partial charge in [0.05, 0.1) is 7.11 Å². The zero-order valence-electron chi connectivity index (χ0n) is 8.77. The molecule has 3 N–H and O–H groups in total. The van der Waals surface area contributed by atoms with Crippen LogP contribution in [0.3, 0.4) is 0 Å². The summed E-state index contributed by atoms with van der Waals surface area (Å²) < 4.78 is 4.45. The van der Waals surface area contributed by atoms with Crippen molar-refractivity contribution in [2.24, 2.45) is 5.73 Å². The molecule has 15 heavy (non-hydrogen) atoms. The van der Waals surface area contributed by atoms with Gasteiger partial charge in [0.15, 0.2) is 0 Å². The smallest absolute Gasteiger partial charge is 0.406 e. The van der Waals surface area contributed by atoms with Gasteiger partial charge in [0.25, 0.3) is 0 Å². The van der Waals surface area contributed by atoms with Crippen molar-refractivity contribution in [2.45, 2.75) is 12.5 Å². The summed E-state index contributed by atoms with van der Waals surface area (Å²) in [6, 6.07) is 9.74. The first-order chi connectivity index (χ1) is 7.24. The maximum Gasteiger partial charge on any atom is 0.406 e. The van der Waals surface area contributed by atoms with Gasteiger partial charge in [-0.25, -0.2) is 4.79 Å². The fourth-order valence-electron chi connectivity index (χ4n) is 1.27. The second-order valence-corrected chi connectivity index (χ2v) is 3.22. The topological polar surface area (TPSA) is 64.3 Å². The summed E-state index contributed by atoms with van der Waals surface area (Å²) in [6.07, 6.45) is 0.273. The molecule has 1 aromatic carbocycles. The highest BCUT2D eigenvalue weighted by Crippen LogP contribution is 2.11. The van der Waals surface area contributed by atoms with Crippen LogP contribution in [0.2, 0.25) is 0 Å². The molecule has 1 unspecified atom stereocenters. The van der Waals surface area contributed by atoms with Crippen molar-refractivity contribution in [1.29, 1.82) is 0 Å². The molecule has 0 aliphatic heterocycles. The molecule has 0 heterocycles. The molecule has 0 radical (unpaired) electrons. The largest absolute Gasteiger partial charge is 0.453 e. The Balaban J connectivity index is 2.31. The lowest BCUT2D eigenvalue weighted by atomic mass is 10.1. The standard InChI is InChI=1S/C11H16N2O2/c1-15-11(14)13-8-7-10(12)9-5-3-2-4-6-9/h2-6,10H,7-8,12H2,1H3,(H,13,14). The van der Waals surface area contributed by atoms with Gasteiger partial charge in [-0.05, 0) is 12.0 Å². The van der Waals surface area contributed by atoms with Crippen molar-refractivity contribution < 1.29 is 9.53 Å². The van der Waals surface area contributed by atoms with E-state index < -0.39 is 6.09 Å². The first kappa shape index (κ1) is 11.5. The van der Waals surface area contributed by atoms with Crippen LogP contribution in [0.1, 0.15) is 18.0 Å². The molecule has 82 valence electrons. The van der Waals surface area contributed by atoms with E-state index in [-0.39, 0.29) is 6.04 Å². The molecule has 0 saturated carbocycles. The van der Waals surface area contributed by atoms with E-state index in [0.29, 0.717) is 13.0 Å². The van der Waals surface area contributed by atoms with Crippen LogP contribution in [0.25, 0.3) is 0 Å². The molecule has 0 fully saturated rings. The maximum atomic E-state index is 10.8. The van der Waals surface area contributed by atoms with Gasteiger partial charge in [-0.15, -0.1) is 0 Å². The Morgan fingerprint density at radius 2 is 2.13 bits per heavy atom. The number of alkyl carbamates (subject to hydrolysis) is 1. The Morgan fingerprint density at radius 3 is 2.73 bits per heavy atom. The quantitative estimate of drug-likeness (QED) is 0.786. The summed E-state index contributed by atoms with van der Waals surface area (Å²) in [6.45, 7) is 0.517. The molecule has 1 aromatic rings. The zero-order chi connectivity index (χ0) is 11.1. The average Bonchev–Trinajstić information content (AvgIpc) is 2.29. The predicted molar refractivity (Wildman–Crippen MR) is 58.4 cm³/mol. The lowest BCUT2D eigenvalue weighted by Crippen LogP contribution is -2.26. The fourth-order valence-corrected chi connectivity index (χ4v) is 1.27. The van der Waals surface area contributed by atoms with Crippen LogP contribution in [-0.4, -0.2) is 19.7 Å². The summed E-state index contributed by atoms with van der Waals surface area (Å²) in [7, 11) is 1.34. The minimum atomic E-state index is -0.421. The van der Waals surface area contributed by atoms with Gasteiger partial charge >= 0.3 is 6.09 Å². The van der Waals surface area contributed by atoms with Crippen LogP contribution in [0, 0.1) is 0 Å². The van der Waals surface area contributed by atoms with Crippen molar-refractivity contribution in [3.63, 3.8) is 0 Å². The third kappa shape index (κ3) is 3.99. The number of hydrogen-bond donors (Lipinski definition) is 2. The molecule has 0 aliphatic carbocycles. The summed E-state index contributed by atoms with van der Waals surface area (Å²) in [5, 5.41) is 2.59. The van der Waals surface area contributed by atoms with E-state index >= 15 is 0 Å². The number of hydrogen-bond acceptors (Lipinski definition) is 3. The number of benzene rings is 1. The highest BCUT2D eigenvalue weighted by molar-refractivity contribution is 5.66. The van der Waals surface area contributed by atoms with Crippen molar-refractivity contribution in [2.75, 3.05) is 13.7 Å². The van der Waals surface area contributed by atoms with Gasteiger partial charge < -0.3 is 15.8 Å². The van der Waals surface area contributed by atoms with Gasteiger partial charge in [0.1, 0.15) is 0 Å². The Hall–Kier alpha value is -1.55. The first-order valence-corrected chi connectivity index (χ1v) is 4.86. The van der Waals surface area contributed by atoms with Crippen molar-refractivity contribution in [1.82, 2.24) is 5.32 Å². The molecule has 4 heteroatoms. The van der Waals surface area contributed by atoms with Crippen LogP contribution in [0.4, 0.5) is 4.79 Å². The van der Waals surface area contributed by atoms with E-state index in [4.69, 9.17) is 5.73 Å². The number of nitrogens with two attached hydrogens (primary N) is 1. The zero-order valence-corrected chi connectivity index (χ0v) is 8.77. The molecular formula is C11H16N2O2. The number of ether oxygens (including phenoxy) is 1. The Kier molecular flexibility index (Phi) is 4.63. The molecule has 1 atom stereocenters. The molecule has 1 amide bonds. The number of carbonyl (C=O) groups excluding carboxylic acids is 1. The Morgan fingerprint density at radius 1 is 1.47 bits per heavy atom. The Bertz CT molecular complexity index is 301. The third-order valence-electron chi connectivity index (χ3n) is 2.14. The van der Waals surface area contributed by atoms with Crippen LogP contribution < -0.4 is 11.1 Å². The minimum absolute atomic E-state index is 0.0524. The van der Waals surface area contributed by atoms with Crippen LogP contribution in [0.15, 0.2) is 30.3 Å². The maximum absolute atomic E-state index is 10.8. The fraction of sp³-hybridized carbons (Fsp3) is 0.364. The average molecular weight is 208 g/mol. The molecule has 4 nitrogen and oxygen atoms in total. The highest BCUT2D eigenvalue weighted by atomic mass is 16.5. The lowest BCUT2D eigenvalue weighted by Gasteiger charge is -2.11. The molecule has 0 spiro atoms. The van der Waals surface area contributed by atoms with Crippen LogP contribution >= 0.6 is 0 Å². The second-order valence-electron chi connectivity index (χ2n) is 3.22. The van der Waals surface area contributed by atoms with Crippen LogP contribution in [-0.2, 0) is 4.74 Å². The van der Waals surface area contributed by atoms with E-state index in [2.05, 4.69) is 10.1 Å². The van der Waals surface area contributed by atoms with Gasteiger partial charge in [-0.3, -0.25) is 0 Å². The number of carbonyl (C=O) groups is 1. The second kappa shape index (κ2) is 6.03. The van der Waals surface area contributed by atoms with Crippen LogP contribution in [0.5, 0.6) is 0 Å². The van der Waals surface area contributed by atoms with Gasteiger partial charge in [-0.1, -0.05) is 30.3 Å². The monoisotopic (exact) mass is 208 g/mol. The molecule has 0 aliphatic rings. The predicted octanol–water partition coefficient (Wildman–Crippen LogP) is 1.43. The van der Waals surface area contributed by atoms with E-state index in [1.807, 2.05) is 30.3 Å². The van der Waals surface area contributed by atoms with E-state index in [0.717, 1.165) is 5.56 Å². The highest BCUT2D eigenvalue weighted by Gasteiger charge is 2.05. The lowest BCUT2D eigenvalue weighted by molar-refractivity contribution is 0.170. The minimum Gasteiger partial charge on any atom is -0.453 e. The number of rotatable bonds is 4. The van der Waals surface area contributed by atoms with Gasteiger partial charge in [0.2, 0.25) is 0 Å². The van der Waals surface area contributed by atoms with E-state index in [1.54, 1.807) is 0 Å². The van der Waals surface area contributed by atoms with Gasteiger partial charge in [0, 0.05) is 12.6 Å². The van der Waals surface area contributed by atoms with E-state index in [1.165, 1.54) is 7.11 Å². The van der Waals surface area contributed by atoms with Crippen molar-refractivity contribution in [3.05, 3.63) is 35.9 Å². The van der Waals surface area contributed by atoms with Crippen molar-refractivity contribution in [3.8, 4) is 0 Å². The summed E-state index contributed by atoms with van der Waals surface area (Å²) >= 11 is 0. The molecule has 0 aromatic heterocycles. The first-order valence-electron chi connectivity index (χ1n) is 4.86. The third-order valence-corrected chi connectivity index (χ3v) is 2.14. The van der Waals surface area contributed by atoms with Crippen molar-refractivity contribution >= 4 is 6.09 Å². The molecule has 0 saturated heterocycles. The number of amides is 1. The molecule has 1 rings (SSSR count). The summed E-state index contributed by atoms with van der Waals surface area (Å²) in [4.78, 5) is 10.8. The normalized spacial score (nSPS) is 11.9. The Labute approximate surface area is 89.4 Å². The van der Waals surface area contributed by atoms with E-state index in [9.17, 15) is 4.79 Å². The number of methoxy groups -OCH3 is 1. The molecule has 0 bridgehead atoms. The summed E-state index contributed by atoms with van der Waals surface area (Å²) in [5.41, 5.74) is 7.00. The SMILES string of the molecule is COC(=O)NCCC(N)c1ccccc1. The summed E-state index contributed by atoms with van der Waals surface area (Å²) in [5.74, 6) is 0.